The minimum absolute atomic E-state index is 0.279. The van der Waals surface area contributed by atoms with Crippen molar-refractivity contribution in [3.63, 3.8) is 0 Å². The molecule has 1 atom stereocenters. The second-order valence-corrected chi connectivity index (χ2v) is 5.02. The molecule has 0 aliphatic rings. The first kappa shape index (κ1) is 14.6. The Bertz CT molecular complexity index is 696. The summed E-state index contributed by atoms with van der Waals surface area (Å²) in [5, 5.41) is 10.8. The molecule has 0 fully saturated rings. The zero-order chi connectivity index (χ0) is 14.7. The van der Waals surface area contributed by atoms with E-state index in [0.717, 1.165) is 23.5 Å². The first-order chi connectivity index (χ1) is 9.56. The van der Waals surface area contributed by atoms with Crippen LogP contribution in [-0.2, 0) is 4.79 Å². The smallest absolute Gasteiger partial charge is 0.171 e. The van der Waals surface area contributed by atoms with Gasteiger partial charge in [0.1, 0.15) is 5.01 Å². The predicted molar refractivity (Wildman–Crippen MR) is 71.5 cm³/mol. The number of ketones is 1. The molecular formula is C13H7ClF2N2OS. The number of hydrogen-bond donors (Lipinski definition) is 0. The lowest BCUT2D eigenvalue weighted by atomic mass is 10.1. The van der Waals surface area contributed by atoms with Gasteiger partial charge in [-0.25, -0.2) is 13.8 Å². The molecule has 0 saturated heterocycles. The zero-order valence-corrected chi connectivity index (χ0v) is 11.5. The van der Waals surface area contributed by atoms with Crippen LogP contribution in [0.2, 0.25) is 0 Å². The first-order valence-corrected chi connectivity index (χ1v) is 6.87. The van der Waals surface area contributed by atoms with E-state index in [2.05, 4.69) is 4.98 Å². The lowest BCUT2D eigenvalue weighted by Gasteiger charge is -2.01. The highest BCUT2D eigenvalue weighted by Gasteiger charge is 2.23. The number of aromatic nitrogens is 1. The predicted octanol–water partition coefficient (Wildman–Crippen LogP) is 3.50. The van der Waals surface area contributed by atoms with Gasteiger partial charge in [-0.15, -0.1) is 22.9 Å². The molecule has 0 aliphatic carbocycles. The molecule has 1 unspecified atom stereocenters. The van der Waals surface area contributed by atoms with E-state index in [4.69, 9.17) is 16.9 Å². The van der Waals surface area contributed by atoms with Crippen molar-refractivity contribution in [2.24, 2.45) is 0 Å². The number of nitriles is 1. The Hall–Kier alpha value is -1.84. The number of halogens is 3. The molecule has 0 spiro atoms. The van der Waals surface area contributed by atoms with Crippen molar-refractivity contribution in [2.75, 3.05) is 5.88 Å². The van der Waals surface area contributed by atoms with Crippen LogP contribution in [0.1, 0.15) is 10.9 Å². The lowest BCUT2D eigenvalue weighted by molar-refractivity contribution is -0.117. The first-order valence-electron chi connectivity index (χ1n) is 5.46. The highest BCUT2D eigenvalue weighted by Crippen LogP contribution is 2.28. The van der Waals surface area contributed by atoms with Crippen molar-refractivity contribution in [1.82, 2.24) is 4.98 Å². The summed E-state index contributed by atoms with van der Waals surface area (Å²) in [6, 6.07) is 5.22. The number of carbonyl (C=O) groups is 1. The molecule has 0 saturated carbocycles. The lowest BCUT2D eigenvalue weighted by Crippen LogP contribution is -2.11. The molecule has 1 heterocycles. The van der Waals surface area contributed by atoms with E-state index in [1.807, 2.05) is 6.07 Å². The van der Waals surface area contributed by atoms with Crippen molar-refractivity contribution in [3.8, 4) is 17.3 Å². The van der Waals surface area contributed by atoms with Gasteiger partial charge in [0.2, 0.25) is 0 Å². The molecule has 0 aliphatic heterocycles. The molecule has 0 bridgehead atoms. The summed E-state index contributed by atoms with van der Waals surface area (Å²) in [7, 11) is 0. The average Bonchev–Trinajstić information content (AvgIpc) is 2.92. The van der Waals surface area contributed by atoms with Crippen LogP contribution < -0.4 is 0 Å². The van der Waals surface area contributed by atoms with Crippen LogP contribution in [-0.4, -0.2) is 16.6 Å². The van der Waals surface area contributed by atoms with Crippen molar-refractivity contribution in [3.05, 3.63) is 40.2 Å². The van der Waals surface area contributed by atoms with Gasteiger partial charge in [0.05, 0.1) is 17.6 Å². The number of benzene rings is 1. The molecule has 1 aromatic heterocycles. The van der Waals surface area contributed by atoms with Crippen molar-refractivity contribution in [2.45, 2.75) is 5.92 Å². The number of alkyl halides is 1. The summed E-state index contributed by atoms with van der Waals surface area (Å²) in [5.41, 5.74) is 0.757. The normalized spacial score (nSPS) is 11.9. The molecule has 2 aromatic rings. The summed E-state index contributed by atoms with van der Waals surface area (Å²) < 4.78 is 26.0. The monoisotopic (exact) mass is 312 g/mol. The van der Waals surface area contributed by atoms with Gasteiger partial charge >= 0.3 is 0 Å². The van der Waals surface area contributed by atoms with E-state index in [1.54, 1.807) is 5.38 Å². The second-order valence-electron chi connectivity index (χ2n) is 3.86. The largest absolute Gasteiger partial charge is 0.296 e. The van der Waals surface area contributed by atoms with Gasteiger partial charge in [-0.1, -0.05) is 0 Å². The number of nitrogens with zero attached hydrogens (tertiary/aromatic N) is 2. The highest BCUT2D eigenvalue weighted by molar-refractivity contribution is 7.10. The maximum Gasteiger partial charge on any atom is 0.171 e. The third-order valence-electron chi connectivity index (χ3n) is 2.57. The van der Waals surface area contributed by atoms with Crippen LogP contribution in [0.4, 0.5) is 8.78 Å². The average molecular weight is 313 g/mol. The standard InChI is InChI=1S/C13H7ClF2N2OS/c14-4-12(19)8(5-17)13-18-11(6-20-13)7-1-2-9(15)10(16)3-7/h1-3,6,8H,4H2. The Kier molecular flexibility index (Phi) is 4.42. The van der Waals surface area contributed by atoms with E-state index in [0.29, 0.717) is 11.3 Å². The van der Waals surface area contributed by atoms with Crippen molar-refractivity contribution >= 4 is 28.7 Å². The van der Waals surface area contributed by atoms with Crippen molar-refractivity contribution < 1.29 is 13.6 Å². The molecule has 20 heavy (non-hydrogen) atoms. The number of thiazole rings is 1. The van der Waals surface area contributed by atoms with Crippen LogP contribution in [0.5, 0.6) is 0 Å². The van der Waals surface area contributed by atoms with Gasteiger partial charge in [-0.05, 0) is 18.2 Å². The molecule has 3 nitrogen and oxygen atoms in total. The Morgan fingerprint density at radius 2 is 2.20 bits per heavy atom. The fourth-order valence-electron chi connectivity index (χ4n) is 1.55. The van der Waals surface area contributed by atoms with Gasteiger partial charge in [-0.3, -0.25) is 4.79 Å². The Balaban J connectivity index is 2.35. The third-order valence-corrected chi connectivity index (χ3v) is 3.74. The van der Waals surface area contributed by atoms with Crippen LogP contribution in [0, 0.1) is 23.0 Å². The molecule has 7 heteroatoms. The maximum absolute atomic E-state index is 13.2. The van der Waals surface area contributed by atoms with E-state index in [-0.39, 0.29) is 10.9 Å². The molecule has 0 radical (unpaired) electrons. The highest BCUT2D eigenvalue weighted by atomic mass is 35.5. The van der Waals surface area contributed by atoms with Gasteiger partial charge in [-0.2, -0.15) is 5.26 Å². The van der Waals surface area contributed by atoms with Gasteiger partial charge in [0.15, 0.2) is 23.3 Å². The third kappa shape index (κ3) is 2.84. The van der Waals surface area contributed by atoms with Gasteiger partial charge in [0, 0.05) is 10.9 Å². The van der Waals surface area contributed by atoms with E-state index < -0.39 is 23.3 Å². The topological polar surface area (TPSA) is 53.8 Å². The fourth-order valence-corrected chi connectivity index (χ4v) is 2.60. The molecule has 102 valence electrons. The summed E-state index contributed by atoms with van der Waals surface area (Å²) in [6.07, 6.45) is 0. The SMILES string of the molecule is N#CC(C(=O)CCl)c1nc(-c2ccc(F)c(F)c2)cs1. The molecule has 1 aromatic carbocycles. The van der Waals surface area contributed by atoms with E-state index in [9.17, 15) is 13.6 Å². The van der Waals surface area contributed by atoms with Crippen LogP contribution >= 0.6 is 22.9 Å². The molecule has 2 rings (SSSR count). The van der Waals surface area contributed by atoms with Crippen LogP contribution in [0.25, 0.3) is 11.3 Å². The summed E-state index contributed by atoms with van der Waals surface area (Å²) in [6.45, 7) is 0. The minimum atomic E-state index is -1.03. The number of hydrogen-bond acceptors (Lipinski definition) is 4. The minimum Gasteiger partial charge on any atom is -0.296 e. The molecular weight excluding hydrogens is 306 g/mol. The van der Waals surface area contributed by atoms with Gasteiger partial charge < -0.3 is 0 Å². The van der Waals surface area contributed by atoms with Crippen LogP contribution in [0.15, 0.2) is 23.6 Å². The quantitative estimate of drug-likeness (QED) is 0.812. The summed E-state index contributed by atoms with van der Waals surface area (Å²) in [4.78, 5) is 15.6. The van der Waals surface area contributed by atoms with Gasteiger partial charge in [0.25, 0.3) is 0 Å². The van der Waals surface area contributed by atoms with E-state index in [1.165, 1.54) is 6.07 Å². The Morgan fingerprint density at radius 1 is 1.45 bits per heavy atom. The molecule has 0 amide bonds. The summed E-state index contributed by atoms with van der Waals surface area (Å²) >= 11 is 6.52. The zero-order valence-electron chi connectivity index (χ0n) is 9.94. The van der Waals surface area contributed by atoms with Crippen molar-refractivity contribution in [1.29, 1.82) is 5.26 Å². The number of carbonyl (C=O) groups excluding carboxylic acids is 1. The Morgan fingerprint density at radius 3 is 2.80 bits per heavy atom. The number of rotatable bonds is 4. The summed E-state index contributed by atoms with van der Waals surface area (Å²) in [5.74, 6) is -3.68. The number of Topliss-reactive ketones (excluding diaryl/α,β-unsaturated/α-hetero) is 1. The molecule has 0 N–H and O–H groups in total. The second kappa shape index (κ2) is 6.07. The fraction of sp³-hybridized carbons (Fsp3) is 0.154. The maximum atomic E-state index is 13.2. The van der Waals surface area contributed by atoms with Crippen LogP contribution in [0.3, 0.4) is 0 Å². The van der Waals surface area contributed by atoms with E-state index >= 15 is 0 Å². The Labute approximate surface area is 122 Å².